The fourth-order valence-electron chi connectivity index (χ4n) is 3.64. The van der Waals surface area contributed by atoms with Crippen molar-refractivity contribution in [2.75, 3.05) is 13.1 Å². The zero-order chi connectivity index (χ0) is 14.2. The molecule has 0 atom stereocenters. The second-order valence-electron chi connectivity index (χ2n) is 6.17. The number of piperidine rings is 1. The lowest BCUT2D eigenvalue weighted by Crippen LogP contribution is -2.42. The molecule has 1 amide bonds. The van der Waals surface area contributed by atoms with E-state index in [4.69, 9.17) is 0 Å². The molecule has 2 aliphatic rings. The molecule has 108 valence electrons. The number of phenolic OH excluding ortho intramolecular Hbond substituents is 1. The molecule has 1 aromatic rings. The molecule has 3 rings (SSSR count). The standard InChI is InChI=1S/C16H20INO2/c17-13-4-3-12(11-14(13)19)15(20)18-9-7-16(8-10-18)5-1-2-6-16/h3-4,11,19H,1-2,5-10H2. The van der Waals surface area contributed by atoms with Gasteiger partial charge in [-0.05, 0) is 71.9 Å². The van der Waals surface area contributed by atoms with Crippen LogP contribution in [0.2, 0.25) is 0 Å². The highest BCUT2D eigenvalue weighted by molar-refractivity contribution is 14.1. The van der Waals surface area contributed by atoms with Crippen LogP contribution in [0.25, 0.3) is 0 Å². The number of amides is 1. The number of hydrogen-bond acceptors (Lipinski definition) is 2. The van der Waals surface area contributed by atoms with Gasteiger partial charge in [-0.3, -0.25) is 4.79 Å². The molecule has 1 saturated carbocycles. The van der Waals surface area contributed by atoms with Gasteiger partial charge in [-0.1, -0.05) is 12.8 Å². The fourth-order valence-corrected chi connectivity index (χ4v) is 3.97. The number of carbonyl (C=O) groups excluding carboxylic acids is 1. The molecule has 1 aliphatic heterocycles. The zero-order valence-corrected chi connectivity index (χ0v) is 13.7. The van der Waals surface area contributed by atoms with Gasteiger partial charge in [0.05, 0.1) is 3.57 Å². The van der Waals surface area contributed by atoms with E-state index in [0.29, 0.717) is 11.0 Å². The van der Waals surface area contributed by atoms with E-state index in [1.807, 2.05) is 11.0 Å². The first-order chi connectivity index (χ1) is 9.60. The van der Waals surface area contributed by atoms with Gasteiger partial charge in [-0.2, -0.15) is 0 Å². The Bertz CT molecular complexity index is 513. The maximum atomic E-state index is 12.5. The van der Waals surface area contributed by atoms with Crippen molar-refractivity contribution in [3.63, 3.8) is 0 Å². The Morgan fingerprint density at radius 2 is 1.80 bits per heavy atom. The average molecular weight is 385 g/mol. The van der Waals surface area contributed by atoms with E-state index in [1.54, 1.807) is 12.1 Å². The highest BCUT2D eigenvalue weighted by atomic mass is 127. The molecule has 0 aromatic heterocycles. The van der Waals surface area contributed by atoms with Crippen LogP contribution in [0, 0.1) is 8.99 Å². The van der Waals surface area contributed by atoms with Crippen molar-refractivity contribution in [3.05, 3.63) is 27.3 Å². The quantitative estimate of drug-likeness (QED) is 0.748. The fraction of sp³-hybridized carbons (Fsp3) is 0.562. The first-order valence-electron chi connectivity index (χ1n) is 7.38. The predicted octanol–water partition coefficient (Wildman–Crippen LogP) is 3.79. The Hall–Kier alpha value is -0.780. The SMILES string of the molecule is O=C(c1ccc(I)c(O)c1)N1CCC2(CCCC2)CC1. The lowest BCUT2D eigenvalue weighted by molar-refractivity contribution is 0.0587. The monoisotopic (exact) mass is 385 g/mol. The van der Waals surface area contributed by atoms with Gasteiger partial charge in [0.1, 0.15) is 5.75 Å². The van der Waals surface area contributed by atoms with Crippen LogP contribution in [0.1, 0.15) is 48.9 Å². The van der Waals surface area contributed by atoms with Crippen molar-refractivity contribution in [2.45, 2.75) is 38.5 Å². The summed E-state index contributed by atoms with van der Waals surface area (Å²) in [5, 5.41) is 9.74. The first-order valence-corrected chi connectivity index (χ1v) is 8.45. The van der Waals surface area contributed by atoms with E-state index < -0.39 is 0 Å². The third kappa shape index (κ3) is 2.67. The first kappa shape index (κ1) is 14.2. The van der Waals surface area contributed by atoms with Crippen LogP contribution in [0.15, 0.2) is 18.2 Å². The normalized spacial score (nSPS) is 21.4. The molecule has 2 fully saturated rings. The average Bonchev–Trinajstić information content (AvgIpc) is 2.90. The van der Waals surface area contributed by atoms with Crippen molar-refractivity contribution in [1.82, 2.24) is 4.90 Å². The van der Waals surface area contributed by atoms with Gasteiger partial charge in [0.2, 0.25) is 0 Å². The summed E-state index contributed by atoms with van der Waals surface area (Å²) in [6.07, 6.45) is 7.71. The Kier molecular flexibility index (Phi) is 3.93. The number of carbonyl (C=O) groups is 1. The van der Waals surface area contributed by atoms with Gasteiger partial charge >= 0.3 is 0 Å². The molecule has 1 aromatic carbocycles. The summed E-state index contributed by atoms with van der Waals surface area (Å²) in [7, 11) is 0. The summed E-state index contributed by atoms with van der Waals surface area (Å²) >= 11 is 2.07. The lowest BCUT2D eigenvalue weighted by Gasteiger charge is -2.39. The molecule has 4 heteroatoms. The highest BCUT2D eigenvalue weighted by Crippen LogP contribution is 2.46. The second kappa shape index (κ2) is 5.54. The topological polar surface area (TPSA) is 40.5 Å². The predicted molar refractivity (Wildman–Crippen MR) is 86.9 cm³/mol. The Balaban J connectivity index is 1.68. The van der Waals surface area contributed by atoms with Gasteiger partial charge in [-0.15, -0.1) is 0 Å². The van der Waals surface area contributed by atoms with Gasteiger partial charge < -0.3 is 10.0 Å². The van der Waals surface area contributed by atoms with Crippen molar-refractivity contribution >= 4 is 28.5 Å². The Morgan fingerprint density at radius 1 is 1.15 bits per heavy atom. The number of halogens is 1. The van der Waals surface area contributed by atoms with Crippen molar-refractivity contribution in [2.24, 2.45) is 5.41 Å². The van der Waals surface area contributed by atoms with E-state index in [9.17, 15) is 9.90 Å². The molecule has 0 bridgehead atoms. The summed E-state index contributed by atoms with van der Waals surface area (Å²) in [5.41, 5.74) is 1.13. The number of nitrogens with zero attached hydrogens (tertiary/aromatic N) is 1. The molecule has 1 spiro atoms. The van der Waals surface area contributed by atoms with E-state index in [2.05, 4.69) is 22.6 Å². The van der Waals surface area contributed by atoms with Gasteiger partial charge in [0, 0.05) is 18.7 Å². The number of benzene rings is 1. The molecule has 20 heavy (non-hydrogen) atoms. The van der Waals surface area contributed by atoms with E-state index in [1.165, 1.54) is 25.7 Å². The molecule has 3 nitrogen and oxygen atoms in total. The Labute approximate surface area is 133 Å². The van der Waals surface area contributed by atoms with Crippen LogP contribution in [0.3, 0.4) is 0 Å². The van der Waals surface area contributed by atoms with Crippen molar-refractivity contribution < 1.29 is 9.90 Å². The molecule has 1 saturated heterocycles. The molecule has 0 radical (unpaired) electrons. The summed E-state index contributed by atoms with van der Waals surface area (Å²) < 4.78 is 0.780. The number of phenols is 1. The molecule has 1 aliphatic carbocycles. The number of hydrogen-bond donors (Lipinski definition) is 1. The number of aromatic hydroxyl groups is 1. The second-order valence-corrected chi connectivity index (χ2v) is 7.33. The third-order valence-corrected chi connectivity index (χ3v) is 5.88. The number of likely N-dealkylation sites (tertiary alicyclic amines) is 1. The van der Waals surface area contributed by atoms with Gasteiger partial charge in [0.25, 0.3) is 5.91 Å². The minimum absolute atomic E-state index is 0.0598. The lowest BCUT2D eigenvalue weighted by atomic mass is 9.77. The van der Waals surface area contributed by atoms with Crippen LogP contribution in [-0.2, 0) is 0 Å². The molecule has 1 heterocycles. The maximum absolute atomic E-state index is 12.5. The van der Waals surface area contributed by atoms with Crippen LogP contribution in [-0.4, -0.2) is 29.0 Å². The van der Waals surface area contributed by atoms with E-state index in [-0.39, 0.29) is 11.7 Å². The van der Waals surface area contributed by atoms with Crippen LogP contribution in [0.4, 0.5) is 0 Å². The van der Waals surface area contributed by atoms with Crippen LogP contribution < -0.4 is 0 Å². The van der Waals surface area contributed by atoms with Crippen LogP contribution >= 0.6 is 22.6 Å². The smallest absolute Gasteiger partial charge is 0.253 e. The Morgan fingerprint density at radius 3 is 2.40 bits per heavy atom. The molecule has 1 N–H and O–H groups in total. The number of rotatable bonds is 1. The minimum atomic E-state index is 0.0598. The molecule has 0 unspecified atom stereocenters. The van der Waals surface area contributed by atoms with Crippen molar-refractivity contribution in [3.8, 4) is 5.75 Å². The third-order valence-electron chi connectivity index (χ3n) is 4.97. The minimum Gasteiger partial charge on any atom is -0.507 e. The summed E-state index contributed by atoms with van der Waals surface area (Å²) in [6, 6.07) is 5.19. The molecular formula is C16H20INO2. The van der Waals surface area contributed by atoms with Crippen molar-refractivity contribution in [1.29, 1.82) is 0 Å². The summed E-state index contributed by atoms with van der Waals surface area (Å²) in [6.45, 7) is 1.73. The van der Waals surface area contributed by atoms with E-state index >= 15 is 0 Å². The van der Waals surface area contributed by atoms with Crippen LogP contribution in [0.5, 0.6) is 5.75 Å². The van der Waals surface area contributed by atoms with Gasteiger partial charge in [0.15, 0.2) is 0 Å². The maximum Gasteiger partial charge on any atom is 0.253 e. The van der Waals surface area contributed by atoms with Gasteiger partial charge in [-0.25, -0.2) is 0 Å². The highest BCUT2D eigenvalue weighted by Gasteiger charge is 2.38. The largest absolute Gasteiger partial charge is 0.507 e. The van der Waals surface area contributed by atoms with E-state index in [0.717, 1.165) is 29.5 Å². The summed E-state index contributed by atoms with van der Waals surface area (Å²) in [5.74, 6) is 0.255. The molecular weight excluding hydrogens is 365 g/mol. The summed E-state index contributed by atoms with van der Waals surface area (Å²) in [4.78, 5) is 14.4. The zero-order valence-electron chi connectivity index (χ0n) is 11.6.